The Bertz CT molecular complexity index is 168. The highest BCUT2D eigenvalue weighted by molar-refractivity contribution is 4.75. The Kier molecular flexibility index (Phi) is 5.62. The molecule has 2 unspecified atom stereocenters. The number of hydrogen-bond donors (Lipinski definition) is 1. The fraction of sp³-hybridized carbons (Fsp3) is 1.00. The van der Waals surface area contributed by atoms with E-state index in [0.29, 0.717) is 0 Å². The van der Waals surface area contributed by atoms with Crippen molar-refractivity contribution in [1.29, 1.82) is 0 Å². The third kappa shape index (κ3) is 4.98. The van der Waals surface area contributed by atoms with E-state index in [-0.39, 0.29) is 0 Å². The van der Waals surface area contributed by atoms with Crippen LogP contribution < -0.4 is 5.32 Å². The van der Waals surface area contributed by atoms with Gasteiger partial charge in [0.1, 0.15) is 0 Å². The maximum absolute atomic E-state index is 3.67. The molecule has 2 heteroatoms. The van der Waals surface area contributed by atoms with Crippen LogP contribution in [0.2, 0.25) is 0 Å². The van der Waals surface area contributed by atoms with Crippen LogP contribution >= 0.6 is 0 Å². The van der Waals surface area contributed by atoms with E-state index in [1.54, 1.807) is 0 Å². The summed E-state index contributed by atoms with van der Waals surface area (Å²) in [5, 5.41) is 3.67. The summed E-state index contributed by atoms with van der Waals surface area (Å²) in [4.78, 5) is 2.65. The van der Waals surface area contributed by atoms with E-state index in [9.17, 15) is 0 Å². The van der Waals surface area contributed by atoms with Crippen LogP contribution in [0, 0.1) is 11.8 Å². The van der Waals surface area contributed by atoms with Gasteiger partial charge in [0.25, 0.3) is 0 Å². The lowest BCUT2D eigenvalue weighted by atomic mass is 10.0. The number of nitrogens with zero attached hydrogens (tertiary/aromatic N) is 1. The molecule has 0 aromatic rings. The van der Waals surface area contributed by atoms with Crippen LogP contribution in [0.15, 0.2) is 0 Å². The second-order valence-electron chi connectivity index (χ2n) is 5.56. The lowest BCUT2D eigenvalue weighted by Crippen LogP contribution is -2.44. The largest absolute Gasteiger partial charge is 0.314 e. The standard InChI is InChI=1S/C13H28N2/c1-5-13-6-7-15(9-11(2)3)10-12(4)8-14-13/h11-14H,5-10H2,1-4H3. The molecule has 1 heterocycles. The summed E-state index contributed by atoms with van der Waals surface area (Å²) in [6.45, 7) is 14.3. The zero-order chi connectivity index (χ0) is 11.3. The summed E-state index contributed by atoms with van der Waals surface area (Å²) in [5.74, 6) is 1.59. The Labute approximate surface area is 95.4 Å². The lowest BCUT2D eigenvalue weighted by Gasteiger charge is -2.33. The average Bonchev–Trinajstić information content (AvgIpc) is 2.14. The molecule has 15 heavy (non-hydrogen) atoms. The van der Waals surface area contributed by atoms with Gasteiger partial charge in [-0.25, -0.2) is 0 Å². The van der Waals surface area contributed by atoms with Gasteiger partial charge in [-0.15, -0.1) is 0 Å². The second kappa shape index (κ2) is 6.49. The molecular weight excluding hydrogens is 184 g/mol. The summed E-state index contributed by atoms with van der Waals surface area (Å²) in [7, 11) is 0. The highest BCUT2D eigenvalue weighted by Crippen LogP contribution is 2.10. The molecule has 2 atom stereocenters. The van der Waals surface area contributed by atoms with E-state index in [1.807, 2.05) is 0 Å². The fourth-order valence-electron chi connectivity index (χ4n) is 2.44. The molecule has 1 aliphatic rings. The molecule has 0 spiro atoms. The molecule has 1 fully saturated rings. The quantitative estimate of drug-likeness (QED) is 0.772. The highest BCUT2D eigenvalue weighted by atomic mass is 15.1. The Morgan fingerprint density at radius 3 is 2.73 bits per heavy atom. The van der Waals surface area contributed by atoms with Crippen molar-refractivity contribution in [3.63, 3.8) is 0 Å². The fourth-order valence-corrected chi connectivity index (χ4v) is 2.44. The predicted octanol–water partition coefficient (Wildman–Crippen LogP) is 2.35. The molecule has 0 radical (unpaired) electrons. The van der Waals surface area contributed by atoms with Crippen molar-refractivity contribution in [2.75, 3.05) is 26.2 Å². The molecule has 1 rings (SSSR count). The van der Waals surface area contributed by atoms with Crippen molar-refractivity contribution >= 4 is 0 Å². The van der Waals surface area contributed by atoms with Gasteiger partial charge < -0.3 is 10.2 Å². The maximum atomic E-state index is 3.67. The molecule has 0 bridgehead atoms. The van der Waals surface area contributed by atoms with Gasteiger partial charge >= 0.3 is 0 Å². The van der Waals surface area contributed by atoms with Gasteiger partial charge in [0.2, 0.25) is 0 Å². The zero-order valence-corrected chi connectivity index (χ0v) is 10.9. The Morgan fingerprint density at radius 1 is 1.40 bits per heavy atom. The van der Waals surface area contributed by atoms with Gasteiger partial charge in [-0.2, -0.15) is 0 Å². The Balaban J connectivity index is 2.43. The van der Waals surface area contributed by atoms with E-state index in [4.69, 9.17) is 0 Å². The van der Waals surface area contributed by atoms with Crippen molar-refractivity contribution in [2.24, 2.45) is 11.8 Å². The van der Waals surface area contributed by atoms with Crippen molar-refractivity contribution in [2.45, 2.75) is 46.6 Å². The number of nitrogens with one attached hydrogen (secondary N) is 1. The molecule has 2 nitrogen and oxygen atoms in total. The van der Waals surface area contributed by atoms with Crippen molar-refractivity contribution < 1.29 is 0 Å². The molecule has 0 aromatic carbocycles. The zero-order valence-electron chi connectivity index (χ0n) is 10.9. The first-order valence-electron chi connectivity index (χ1n) is 6.57. The van der Waals surface area contributed by atoms with E-state index in [2.05, 4.69) is 37.9 Å². The van der Waals surface area contributed by atoms with Gasteiger partial charge in [0, 0.05) is 19.1 Å². The molecule has 1 saturated heterocycles. The first-order valence-corrected chi connectivity index (χ1v) is 6.57. The van der Waals surface area contributed by atoms with Crippen LogP contribution in [0.25, 0.3) is 0 Å². The summed E-state index contributed by atoms with van der Waals surface area (Å²) < 4.78 is 0. The highest BCUT2D eigenvalue weighted by Gasteiger charge is 2.17. The van der Waals surface area contributed by atoms with Crippen molar-refractivity contribution in [1.82, 2.24) is 10.2 Å². The van der Waals surface area contributed by atoms with Crippen LogP contribution in [-0.4, -0.2) is 37.1 Å². The summed E-state index contributed by atoms with van der Waals surface area (Å²) in [5.41, 5.74) is 0. The van der Waals surface area contributed by atoms with Crippen molar-refractivity contribution in [3.8, 4) is 0 Å². The van der Waals surface area contributed by atoms with Gasteiger partial charge in [0.05, 0.1) is 0 Å². The van der Waals surface area contributed by atoms with Gasteiger partial charge in [-0.3, -0.25) is 0 Å². The normalized spacial score (nSPS) is 30.2. The molecule has 0 amide bonds. The monoisotopic (exact) mass is 212 g/mol. The topological polar surface area (TPSA) is 15.3 Å². The molecule has 1 N–H and O–H groups in total. The van der Waals surface area contributed by atoms with E-state index in [0.717, 1.165) is 17.9 Å². The smallest absolute Gasteiger partial charge is 0.00767 e. The minimum absolute atomic E-state index is 0.738. The van der Waals surface area contributed by atoms with E-state index < -0.39 is 0 Å². The third-order valence-corrected chi connectivity index (χ3v) is 3.23. The van der Waals surface area contributed by atoms with E-state index in [1.165, 1.54) is 39.0 Å². The summed E-state index contributed by atoms with van der Waals surface area (Å²) >= 11 is 0. The van der Waals surface area contributed by atoms with Crippen molar-refractivity contribution in [3.05, 3.63) is 0 Å². The molecule has 90 valence electrons. The second-order valence-corrected chi connectivity index (χ2v) is 5.56. The first-order chi connectivity index (χ1) is 7.11. The lowest BCUT2D eigenvalue weighted by molar-refractivity contribution is 0.180. The SMILES string of the molecule is CCC1CCN(CC(C)C)CC(C)CN1. The minimum atomic E-state index is 0.738. The molecular formula is C13H28N2. The Morgan fingerprint density at radius 2 is 2.13 bits per heavy atom. The predicted molar refractivity (Wildman–Crippen MR) is 67.1 cm³/mol. The van der Waals surface area contributed by atoms with Crippen LogP contribution in [0.4, 0.5) is 0 Å². The minimum Gasteiger partial charge on any atom is -0.314 e. The molecule has 0 aromatic heterocycles. The number of rotatable bonds is 3. The molecule has 1 aliphatic heterocycles. The first kappa shape index (κ1) is 13.0. The van der Waals surface area contributed by atoms with Crippen LogP contribution in [0.3, 0.4) is 0 Å². The van der Waals surface area contributed by atoms with Crippen LogP contribution in [0.1, 0.15) is 40.5 Å². The maximum Gasteiger partial charge on any atom is 0.00767 e. The van der Waals surface area contributed by atoms with E-state index >= 15 is 0 Å². The average molecular weight is 212 g/mol. The molecule has 0 aliphatic carbocycles. The number of hydrogen-bond acceptors (Lipinski definition) is 2. The third-order valence-electron chi connectivity index (χ3n) is 3.23. The molecule has 0 saturated carbocycles. The van der Waals surface area contributed by atoms with Crippen LogP contribution in [-0.2, 0) is 0 Å². The van der Waals surface area contributed by atoms with Crippen LogP contribution in [0.5, 0.6) is 0 Å². The summed E-state index contributed by atoms with van der Waals surface area (Å²) in [6.07, 6.45) is 2.58. The van der Waals surface area contributed by atoms with Gasteiger partial charge in [0.15, 0.2) is 0 Å². The Hall–Kier alpha value is -0.0800. The van der Waals surface area contributed by atoms with Gasteiger partial charge in [-0.05, 0) is 37.8 Å². The summed E-state index contributed by atoms with van der Waals surface area (Å²) in [6, 6.07) is 0.738. The van der Waals surface area contributed by atoms with Gasteiger partial charge in [-0.1, -0.05) is 27.7 Å².